The van der Waals surface area contributed by atoms with E-state index >= 15 is 0 Å². The second-order valence-electron chi connectivity index (χ2n) is 13.4. The molecular formula is C39H44N4O3. The number of hydrogen-bond donors (Lipinski definition) is 2. The highest BCUT2D eigenvalue weighted by molar-refractivity contribution is 6.28. The van der Waals surface area contributed by atoms with E-state index in [1.807, 2.05) is 30.3 Å². The van der Waals surface area contributed by atoms with Crippen molar-refractivity contribution < 1.29 is 14.7 Å². The van der Waals surface area contributed by atoms with Gasteiger partial charge in [0.05, 0.1) is 17.1 Å². The SMILES string of the molecule is CCCCNc1c(-c2ccccc2-c2nnc(C)c3c2CC[C@H]2[C@@H](CO)[C@H]2CC3)cc2c3c(cccc13)C(=O)N(CCCC)C2=O. The normalized spacial score (nSPS) is 20.3. The molecule has 7 rings (SSSR count). The number of nitrogens with one attached hydrogen (secondary N) is 1. The summed E-state index contributed by atoms with van der Waals surface area (Å²) in [6.45, 7) is 7.78. The number of nitrogens with zero attached hydrogens (tertiary/aromatic N) is 3. The number of carbonyl (C=O) groups excluding carboxylic acids is 2. The lowest BCUT2D eigenvalue weighted by molar-refractivity contribution is 0.0608. The molecule has 1 aromatic heterocycles. The number of amides is 2. The molecule has 1 saturated carbocycles. The lowest BCUT2D eigenvalue weighted by Gasteiger charge is -2.29. The van der Waals surface area contributed by atoms with E-state index in [0.29, 0.717) is 35.4 Å². The Hall–Kier alpha value is -4.10. The molecule has 238 valence electrons. The van der Waals surface area contributed by atoms with Crippen LogP contribution in [0, 0.1) is 24.7 Å². The van der Waals surface area contributed by atoms with Crippen LogP contribution in [0.5, 0.6) is 0 Å². The third-order valence-corrected chi connectivity index (χ3v) is 10.7. The van der Waals surface area contributed by atoms with Crippen LogP contribution in [0.25, 0.3) is 33.2 Å². The first-order valence-corrected chi connectivity index (χ1v) is 17.2. The predicted molar refractivity (Wildman–Crippen MR) is 183 cm³/mol. The van der Waals surface area contributed by atoms with Crippen LogP contribution in [0.1, 0.15) is 89.9 Å². The zero-order valence-electron chi connectivity index (χ0n) is 27.2. The molecule has 7 heteroatoms. The van der Waals surface area contributed by atoms with Crippen molar-refractivity contribution in [3.63, 3.8) is 0 Å². The average Bonchev–Trinajstić information content (AvgIpc) is 3.74. The smallest absolute Gasteiger partial charge is 0.261 e. The summed E-state index contributed by atoms with van der Waals surface area (Å²) in [5, 5.41) is 24.9. The number of benzene rings is 3. The molecule has 2 aliphatic carbocycles. The molecule has 2 amide bonds. The summed E-state index contributed by atoms with van der Waals surface area (Å²) in [5.74, 6) is 1.18. The van der Waals surface area contributed by atoms with Crippen LogP contribution in [-0.2, 0) is 12.8 Å². The number of aryl methyl sites for hydroxylation is 1. The van der Waals surface area contributed by atoms with E-state index in [4.69, 9.17) is 5.10 Å². The number of fused-ring (bicyclic) bond motifs is 2. The van der Waals surface area contributed by atoms with Crippen LogP contribution >= 0.6 is 0 Å². The molecule has 3 aromatic carbocycles. The molecule has 0 saturated heterocycles. The Balaban J connectivity index is 1.42. The van der Waals surface area contributed by atoms with Gasteiger partial charge in [-0.05, 0) is 92.0 Å². The lowest BCUT2D eigenvalue weighted by atomic mass is 9.85. The number of aliphatic hydroxyl groups excluding tert-OH is 1. The van der Waals surface area contributed by atoms with E-state index in [1.54, 1.807) is 0 Å². The summed E-state index contributed by atoms with van der Waals surface area (Å²) in [6.07, 6.45) is 7.71. The first kappa shape index (κ1) is 30.5. The minimum Gasteiger partial charge on any atom is -0.396 e. The largest absolute Gasteiger partial charge is 0.396 e. The Morgan fingerprint density at radius 1 is 0.826 bits per heavy atom. The maximum atomic E-state index is 14.1. The second kappa shape index (κ2) is 12.6. The Kier molecular flexibility index (Phi) is 8.36. The Bertz CT molecular complexity index is 1830. The molecule has 3 atom stereocenters. The first-order chi connectivity index (χ1) is 22.5. The van der Waals surface area contributed by atoms with E-state index < -0.39 is 0 Å². The summed E-state index contributed by atoms with van der Waals surface area (Å²) >= 11 is 0. The number of hydrogen-bond acceptors (Lipinski definition) is 6. The van der Waals surface area contributed by atoms with Gasteiger partial charge in [0.2, 0.25) is 0 Å². The molecular weight excluding hydrogens is 572 g/mol. The van der Waals surface area contributed by atoms with Crippen LogP contribution in [0.3, 0.4) is 0 Å². The fourth-order valence-electron chi connectivity index (χ4n) is 8.15. The molecule has 0 unspecified atom stereocenters. The number of anilines is 1. The zero-order valence-corrected chi connectivity index (χ0v) is 27.2. The van der Waals surface area contributed by atoms with Gasteiger partial charge in [0.1, 0.15) is 0 Å². The number of imide groups is 1. The van der Waals surface area contributed by atoms with Gasteiger partial charge >= 0.3 is 0 Å². The summed E-state index contributed by atoms with van der Waals surface area (Å²) < 4.78 is 0. The molecule has 7 nitrogen and oxygen atoms in total. The van der Waals surface area contributed by atoms with Crippen LogP contribution in [0.4, 0.5) is 5.69 Å². The van der Waals surface area contributed by atoms with E-state index in [2.05, 4.69) is 49.4 Å². The van der Waals surface area contributed by atoms with Crippen LogP contribution < -0.4 is 5.32 Å². The van der Waals surface area contributed by atoms with Gasteiger partial charge < -0.3 is 10.4 Å². The lowest BCUT2D eigenvalue weighted by Crippen LogP contribution is -2.41. The molecule has 1 aliphatic heterocycles. The highest BCUT2D eigenvalue weighted by Gasteiger charge is 2.49. The molecule has 0 radical (unpaired) electrons. The maximum absolute atomic E-state index is 14.1. The molecule has 2 N–H and O–H groups in total. The molecule has 0 spiro atoms. The molecule has 1 fully saturated rings. The van der Waals surface area contributed by atoms with Crippen LogP contribution in [0.15, 0.2) is 48.5 Å². The zero-order chi connectivity index (χ0) is 31.9. The van der Waals surface area contributed by atoms with Gasteiger partial charge in [-0.25, -0.2) is 0 Å². The van der Waals surface area contributed by atoms with Gasteiger partial charge in [-0.1, -0.05) is 63.1 Å². The van der Waals surface area contributed by atoms with Crippen LogP contribution in [-0.4, -0.2) is 51.7 Å². The van der Waals surface area contributed by atoms with Crippen molar-refractivity contribution in [2.45, 2.75) is 72.1 Å². The van der Waals surface area contributed by atoms with Gasteiger partial charge in [0.15, 0.2) is 0 Å². The predicted octanol–water partition coefficient (Wildman–Crippen LogP) is 7.61. The van der Waals surface area contributed by atoms with E-state index in [9.17, 15) is 14.7 Å². The van der Waals surface area contributed by atoms with Crippen molar-refractivity contribution in [3.8, 4) is 22.4 Å². The van der Waals surface area contributed by atoms with Gasteiger partial charge in [0, 0.05) is 52.7 Å². The van der Waals surface area contributed by atoms with Crippen molar-refractivity contribution in [1.29, 1.82) is 0 Å². The van der Waals surface area contributed by atoms with Crippen molar-refractivity contribution in [2.75, 3.05) is 25.0 Å². The maximum Gasteiger partial charge on any atom is 0.261 e. The first-order valence-electron chi connectivity index (χ1n) is 17.2. The van der Waals surface area contributed by atoms with Gasteiger partial charge in [0.25, 0.3) is 11.8 Å². The summed E-state index contributed by atoms with van der Waals surface area (Å²) in [5.41, 5.74) is 9.50. The molecule has 2 heterocycles. The molecule has 0 bridgehead atoms. The third-order valence-electron chi connectivity index (χ3n) is 10.7. The monoisotopic (exact) mass is 616 g/mol. The van der Waals surface area contributed by atoms with E-state index in [0.717, 1.165) is 102 Å². The number of aliphatic hydroxyl groups is 1. The fourth-order valence-corrected chi connectivity index (χ4v) is 8.15. The van der Waals surface area contributed by atoms with Gasteiger partial charge in [-0.3, -0.25) is 14.5 Å². The Morgan fingerprint density at radius 3 is 2.26 bits per heavy atom. The van der Waals surface area contributed by atoms with Crippen molar-refractivity contribution in [3.05, 3.63) is 76.5 Å². The fraction of sp³-hybridized carbons (Fsp3) is 0.436. The summed E-state index contributed by atoms with van der Waals surface area (Å²) in [4.78, 5) is 29.1. The van der Waals surface area contributed by atoms with Gasteiger partial charge in [-0.2, -0.15) is 5.10 Å². The Labute approximate surface area is 271 Å². The highest BCUT2D eigenvalue weighted by Crippen LogP contribution is 2.53. The Morgan fingerprint density at radius 2 is 1.52 bits per heavy atom. The second-order valence-corrected chi connectivity index (χ2v) is 13.4. The minimum absolute atomic E-state index is 0.209. The van der Waals surface area contributed by atoms with Gasteiger partial charge in [-0.15, -0.1) is 5.10 Å². The standard InChI is InChI=1S/C39H44N4O3/c1-4-6-19-40-36-30-13-10-14-31-35(30)33(39(46)43(38(31)45)20-7-5-2)21-32(36)25-11-8-9-12-28(25)37-29-18-17-27-26(34(27)22-44)16-15-24(29)23(3)41-42-37/h8-14,21,26-27,34,40,44H,4-7,15-20,22H2,1-3H3/t26-,27+,34-/m0/s1. The molecule has 4 aromatic rings. The number of aromatic nitrogens is 2. The molecule has 3 aliphatic rings. The average molecular weight is 617 g/mol. The number of unbranched alkanes of at least 4 members (excludes halogenated alkanes) is 2. The highest BCUT2D eigenvalue weighted by atomic mass is 16.3. The van der Waals surface area contributed by atoms with E-state index in [-0.39, 0.29) is 18.4 Å². The minimum atomic E-state index is -0.223. The quantitative estimate of drug-likeness (QED) is 0.141. The van der Waals surface area contributed by atoms with Crippen molar-refractivity contribution >= 4 is 28.3 Å². The topological polar surface area (TPSA) is 95.4 Å². The van der Waals surface area contributed by atoms with Crippen LogP contribution in [0.2, 0.25) is 0 Å². The molecule has 46 heavy (non-hydrogen) atoms. The van der Waals surface area contributed by atoms with E-state index in [1.165, 1.54) is 16.0 Å². The summed E-state index contributed by atoms with van der Waals surface area (Å²) in [6, 6.07) is 16.2. The van der Waals surface area contributed by atoms with Crippen molar-refractivity contribution in [1.82, 2.24) is 15.1 Å². The number of carbonyl (C=O) groups is 2. The number of rotatable bonds is 10. The van der Waals surface area contributed by atoms with Crippen molar-refractivity contribution in [2.24, 2.45) is 17.8 Å². The third kappa shape index (κ3) is 5.09. The summed E-state index contributed by atoms with van der Waals surface area (Å²) in [7, 11) is 0.